The lowest BCUT2D eigenvalue weighted by atomic mass is 9.99. The van der Waals surface area contributed by atoms with E-state index < -0.39 is 22.9 Å². The topological polar surface area (TPSA) is 82.9 Å². The Kier molecular flexibility index (Phi) is 7.52. The number of thioether (sulfide) groups is 1. The second kappa shape index (κ2) is 10.1. The Morgan fingerprint density at radius 2 is 1.83 bits per heavy atom. The number of nitrogens with zero attached hydrogens (tertiary/aromatic N) is 2. The molecule has 1 aromatic rings. The number of carbonyl (C=O) groups excluding carboxylic acids is 2. The number of halogens is 3. The van der Waals surface area contributed by atoms with Crippen molar-refractivity contribution in [3.8, 4) is 0 Å². The number of hydrogen-bond donors (Lipinski definition) is 2. The summed E-state index contributed by atoms with van der Waals surface area (Å²) in [5, 5.41) is 13.1. The van der Waals surface area contributed by atoms with E-state index in [-0.39, 0.29) is 18.0 Å². The number of nitrogens with one attached hydrogen (secondary N) is 2. The Balaban J connectivity index is 1.56. The summed E-state index contributed by atoms with van der Waals surface area (Å²) in [5.41, 5.74) is 0.196. The maximum absolute atomic E-state index is 12.8. The molecule has 10 heteroatoms. The zero-order valence-electron chi connectivity index (χ0n) is 16.3. The summed E-state index contributed by atoms with van der Waals surface area (Å²) in [4.78, 5) is 24.3. The molecule has 0 bridgehead atoms. The minimum atomic E-state index is -4.49. The number of hydrogen-bond acceptors (Lipinski definition) is 5. The van der Waals surface area contributed by atoms with Crippen molar-refractivity contribution in [2.45, 2.75) is 62.8 Å². The number of alkyl halides is 3. The maximum Gasteiger partial charge on any atom is 0.416 e. The maximum atomic E-state index is 12.8. The molecular weight excluding hydrogens is 417 g/mol. The third-order valence-corrected chi connectivity index (χ3v) is 5.91. The molecule has 30 heavy (non-hydrogen) atoms. The average Bonchev–Trinajstić information content (AvgIpc) is 2.99. The van der Waals surface area contributed by atoms with E-state index in [4.69, 9.17) is 0 Å². The fraction of sp³-hybridized carbons (Fsp3) is 0.500. The highest BCUT2D eigenvalue weighted by atomic mass is 32.2. The molecule has 2 fully saturated rings. The third kappa shape index (κ3) is 6.58. The summed E-state index contributed by atoms with van der Waals surface area (Å²) < 4.78 is 38.4. The molecular formula is C20H23F3N4O2S. The third-order valence-electron chi connectivity index (χ3n) is 4.83. The zero-order valence-corrected chi connectivity index (χ0v) is 17.1. The molecule has 6 nitrogen and oxygen atoms in total. The Hall–Kier alpha value is -2.36. The Bertz CT molecular complexity index is 845. The van der Waals surface area contributed by atoms with Crippen LogP contribution >= 0.6 is 11.8 Å². The van der Waals surface area contributed by atoms with Gasteiger partial charge in [-0.15, -0.1) is 5.10 Å². The molecule has 1 aromatic carbocycles. The Labute approximate surface area is 176 Å². The van der Waals surface area contributed by atoms with Crippen LogP contribution in [0.25, 0.3) is 0 Å². The molecule has 0 aromatic heterocycles. The molecule has 3 rings (SSSR count). The molecule has 2 amide bonds. The molecule has 1 heterocycles. The van der Waals surface area contributed by atoms with E-state index in [1.807, 2.05) is 0 Å². The van der Waals surface area contributed by atoms with E-state index in [0.29, 0.717) is 5.17 Å². The van der Waals surface area contributed by atoms with E-state index in [9.17, 15) is 22.8 Å². The van der Waals surface area contributed by atoms with Crippen molar-refractivity contribution in [3.05, 3.63) is 29.8 Å². The van der Waals surface area contributed by atoms with Crippen LogP contribution in [-0.4, -0.2) is 27.9 Å². The standard InChI is InChI=1S/C20H23F3N4O2S/c21-20(22,23)13-7-6-10-15(11-13)24-17(28)12-16-18(29)25-19(30-16)27-26-14-8-4-2-1-3-5-9-14/h6-7,10-11,16H,1-5,8-9,12H2,(H,24,28)(H,25,27,29). The minimum absolute atomic E-state index is 0.0304. The summed E-state index contributed by atoms with van der Waals surface area (Å²) in [6.45, 7) is 0. The van der Waals surface area contributed by atoms with Gasteiger partial charge in [0, 0.05) is 17.8 Å². The number of amides is 2. The van der Waals surface area contributed by atoms with Gasteiger partial charge in [0.05, 0.1) is 5.56 Å². The highest BCUT2D eigenvalue weighted by Gasteiger charge is 2.33. The lowest BCUT2D eigenvalue weighted by molar-refractivity contribution is -0.137. The average molecular weight is 440 g/mol. The largest absolute Gasteiger partial charge is 0.416 e. The quantitative estimate of drug-likeness (QED) is 0.665. The van der Waals surface area contributed by atoms with Gasteiger partial charge in [-0.25, -0.2) is 0 Å². The van der Waals surface area contributed by atoms with Crippen LogP contribution in [0.4, 0.5) is 18.9 Å². The molecule has 1 unspecified atom stereocenters. The van der Waals surface area contributed by atoms with Crippen LogP contribution in [0, 0.1) is 0 Å². The summed E-state index contributed by atoms with van der Waals surface area (Å²) in [6.07, 6.45) is 2.92. The van der Waals surface area contributed by atoms with Crippen LogP contribution in [-0.2, 0) is 15.8 Å². The van der Waals surface area contributed by atoms with Crippen molar-refractivity contribution in [1.29, 1.82) is 0 Å². The molecule has 2 aliphatic rings. The van der Waals surface area contributed by atoms with Gasteiger partial charge in [-0.2, -0.15) is 18.3 Å². The summed E-state index contributed by atoms with van der Waals surface area (Å²) in [6, 6.07) is 4.37. The van der Waals surface area contributed by atoms with Gasteiger partial charge in [-0.05, 0) is 43.9 Å². The predicted molar refractivity (Wildman–Crippen MR) is 111 cm³/mol. The van der Waals surface area contributed by atoms with Gasteiger partial charge in [0.2, 0.25) is 11.8 Å². The Morgan fingerprint density at radius 1 is 1.13 bits per heavy atom. The van der Waals surface area contributed by atoms with Gasteiger partial charge in [-0.1, -0.05) is 37.1 Å². The summed E-state index contributed by atoms with van der Waals surface area (Å²) in [5.74, 6) is -0.912. The molecule has 1 aliphatic carbocycles. The molecule has 1 aliphatic heterocycles. The number of rotatable bonds is 4. The molecule has 2 N–H and O–H groups in total. The normalized spacial score (nSPS) is 21.7. The van der Waals surface area contributed by atoms with Gasteiger partial charge in [-0.3, -0.25) is 9.59 Å². The highest BCUT2D eigenvalue weighted by molar-refractivity contribution is 8.15. The van der Waals surface area contributed by atoms with Crippen LogP contribution in [0.5, 0.6) is 0 Å². The fourth-order valence-electron chi connectivity index (χ4n) is 3.27. The minimum Gasteiger partial charge on any atom is -0.326 e. The number of carbonyl (C=O) groups is 2. The van der Waals surface area contributed by atoms with E-state index >= 15 is 0 Å². The second-order valence-electron chi connectivity index (χ2n) is 7.27. The first kappa shape index (κ1) is 22.3. The van der Waals surface area contributed by atoms with E-state index in [2.05, 4.69) is 20.8 Å². The smallest absolute Gasteiger partial charge is 0.326 e. The summed E-state index contributed by atoms with van der Waals surface area (Å²) >= 11 is 1.10. The Morgan fingerprint density at radius 3 is 2.53 bits per heavy atom. The van der Waals surface area contributed by atoms with Gasteiger partial charge in [0.15, 0.2) is 5.17 Å². The van der Waals surface area contributed by atoms with Crippen molar-refractivity contribution in [3.63, 3.8) is 0 Å². The predicted octanol–water partition coefficient (Wildman–Crippen LogP) is 4.72. The lowest BCUT2D eigenvalue weighted by Crippen LogP contribution is -2.28. The first-order chi connectivity index (χ1) is 14.3. The zero-order chi connectivity index (χ0) is 21.6. The van der Waals surface area contributed by atoms with Crippen molar-refractivity contribution >= 4 is 40.1 Å². The molecule has 1 saturated heterocycles. The number of anilines is 1. The van der Waals surface area contributed by atoms with Crippen molar-refractivity contribution in [2.24, 2.45) is 10.2 Å². The van der Waals surface area contributed by atoms with E-state index in [1.54, 1.807) is 0 Å². The van der Waals surface area contributed by atoms with Crippen LogP contribution < -0.4 is 10.6 Å². The van der Waals surface area contributed by atoms with Crippen LogP contribution in [0.15, 0.2) is 34.5 Å². The van der Waals surface area contributed by atoms with E-state index in [0.717, 1.165) is 55.3 Å². The van der Waals surface area contributed by atoms with Gasteiger partial charge < -0.3 is 10.6 Å². The summed E-state index contributed by atoms with van der Waals surface area (Å²) in [7, 11) is 0. The first-order valence-corrected chi connectivity index (χ1v) is 10.8. The van der Waals surface area contributed by atoms with Gasteiger partial charge >= 0.3 is 6.18 Å². The SMILES string of the molecule is O=C(CC1S/C(=N\N=C2CCCCCCC2)NC1=O)Nc1cccc(C(F)(F)F)c1. The second-order valence-corrected chi connectivity index (χ2v) is 8.46. The van der Waals surface area contributed by atoms with Crippen LogP contribution in [0.3, 0.4) is 0 Å². The lowest BCUT2D eigenvalue weighted by Gasteiger charge is -2.10. The van der Waals surface area contributed by atoms with Crippen molar-refractivity contribution in [2.75, 3.05) is 5.32 Å². The van der Waals surface area contributed by atoms with Gasteiger partial charge in [0.1, 0.15) is 5.25 Å². The van der Waals surface area contributed by atoms with E-state index in [1.165, 1.54) is 31.4 Å². The van der Waals surface area contributed by atoms with Crippen LogP contribution in [0.1, 0.15) is 56.9 Å². The van der Waals surface area contributed by atoms with Crippen molar-refractivity contribution < 1.29 is 22.8 Å². The first-order valence-electron chi connectivity index (χ1n) is 9.89. The molecule has 1 saturated carbocycles. The van der Waals surface area contributed by atoms with Gasteiger partial charge in [0.25, 0.3) is 0 Å². The molecule has 0 radical (unpaired) electrons. The monoisotopic (exact) mass is 440 g/mol. The molecule has 1 atom stereocenters. The fourth-order valence-corrected chi connectivity index (χ4v) is 4.19. The highest BCUT2D eigenvalue weighted by Crippen LogP contribution is 2.31. The molecule has 162 valence electrons. The van der Waals surface area contributed by atoms with Crippen LogP contribution in [0.2, 0.25) is 0 Å². The van der Waals surface area contributed by atoms with Crippen molar-refractivity contribution in [1.82, 2.24) is 5.32 Å². The molecule has 0 spiro atoms. The number of amidine groups is 1. The number of benzene rings is 1.